The quantitative estimate of drug-likeness (QED) is 0.161. The van der Waals surface area contributed by atoms with Crippen molar-refractivity contribution in [3.05, 3.63) is 95.1 Å². The third-order valence-corrected chi connectivity index (χ3v) is 9.81. The van der Waals surface area contributed by atoms with Gasteiger partial charge in [-0.3, -0.25) is 9.72 Å². The average Bonchev–Trinajstić information content (AvgIpc) is 3.72. The molecule has 2 aromatic carbocycles. The Kier molecular flexibility index (Phi) is 9.21. The highest BCUT2D eigenvalue weighted by Crippen LogP contribution is 2.39. The minimum atomic E-state index is -0.396. The van der Waals surface area contributed by atoms with Crippen molar-refractivity contribution in [3.63, 3.8) is 0 Å². The summed E-state index contributed by atoms with van der Waals surface area (Å²) in [5, 5.41) is 29.3. The minimum absolute atomic E-state index is 0.175. The van der Waals surface area contributed by atoms with Gasteiger partial charge in [0.15, 0.2) is 5.65 Å². The van der Waals surface area contributed by atoms with E-state index in [1.807, 2.05) is 67.8 Å². The lowest BCUT2D eigenvalue weighted by atomic mass is 9.85. The van der Waals surface area contributed by atoms with E-state index in [0.29, 0.717) is 36.0 Å². The molecule has 1 aliphatic carbocycles. The normalized spacial score (nSPS) is 19.3. The van der Waals surface area contributed by atoms with E-state index in [-0.39, 0.29) is 36.6 Å². The lowest BCUT2D eigenvalue weighted by Gasteiger charge is -2.33. The molecule has 0 spiro atoms. The molecule has 2 aliphatic rings. The summed E-state index contributed by atoms with van der Waals surface area (Å²) in [5.74, 6) is 1.64. The van der Waals surface area contributed by atoms with Gasteiger partial charge < -0.3 is 20.1 Å². The van der Waals surface area contributed by atoms with Crippen LogP contribution in [0.4, 0.5) is 21.0 Å². The maximum Gasteiger partial charge on any atom is 0.320 e. The first kappa shape index (κ1) is 33.5. The molecule has 1 saturated heterocycles. The van der Waals surface area contributed by atoms with Crippen LogP contribution in [-0.4, -0.2) is 54.7 Å². The second-order valence-corrected chi connectivity index (χ2v) is 14.4. The first-order valence-electron chi connectivity index (χ1n) is 17.5. The number of nitrogens with zero attached hydrogens (tertiary/aromatic N) is 6. The molecule has 12 heteroatoms. The fourth-order valence-electron chi connectivity index (χ4n) is 7.06. The molecule has 0 bridgehead atoms. The van der Waals surface area contributed by atoms with Crippen LogP contribution in [0.5, 0.6) is 5.75 Å². The molecule has 3 N–H and O–H groups in total. The zero-order valence-corrected chi connectivity index (χ0v) is 29.1. The van der Waals surface area contributed by atoms with E-state index >= 15 is 0 Å². The number of hydrogen-bond donors (Lipinski definition) is 3. The van der Waals surface area contributed by atoms with Gasteiger partial charge in [0.05, 0.1) is 23.6 Å². The van der Waals surface area contributed by atoms with Crippen LogP contribution in [0.2, 0.25) is 0 Å². The maximum atomic E-state index is 14.4. The first-order chi connectivity index (χ1) is 24.1. The zero-order chi connectivity index (χ0) is 35.0. The molecule has 7 rings (SSSR count). The van der Waals surface area contributed by atoms with Gasteiger partial charge in [-0.2, -0.15) is 5.10 Å². The number of aliphatic hydroxyl groups is 1. The number of urea groups is 1. The summed E-state index contributed by atoms with van der Waals surface area (Å²) in [6, 6.07) is 18.2. The van der Waals surface area contributed by atoms with Crippen molar-refractivity contribution < 1.29 is 19.0 Å². The van der Waals surface area contributed by atoms with E-state index in [1.54, 1.807) is 16.8 Å². The van der Waals surface area contributed by atoms with Crippen molar-refractivity contribution in [3.8, 4) is 11.4 Å². The number of nitrogens with one attached hydrogen (secondary N) is 2. The second-order valence-electron chi connectivity index (χ2n) is 14.4. The Morgan fingerprint density at radius 3 is 2.62 bits per heavy atom. The van der Waals surface area contributed by atoms with Gasteiger partial charge in [-0.25, -0.2) is 13.9 Å². The molecular weight excluding hydrogens is 635 g/mol. The molecule has 3 atom stereocenters. The van der Waals surface area contributed by atoms with Crippen LogP contribution in [0.15, 0.2) is 66.9 Å². The molecule has 0 radical (unpaired) electrons. The third kappa shape index (κ3) is 6.76. The van der Waals surface area contributed by atoms with E-state index in [9.17, 15) is 14.3 Å². The number of aliphatic hydroxyl groups excluding tert-OH is 1. The number of rotatable bonds is 8. The van der Waals surface area contributed by atoms with Crippen molar-refractivity contribution in [1.82, 2.24) is 29.7 Å². The van der Waals surface area contributed by atoms with Crippen LogP contribution in [-0.2, 0) is 11.8 Å². The van der Waals surface area contributed by atoms with Gasteiger partial charge >= 0.3 is 6.03 Å². The number of anilines is 2. The lowest BCUT2D eigenvalue weighted by Crippen LogP contribution is -2.38. The smallest absolute Gasteiger partial charge is 0.320 e. The van der Waals surface area contributed by atoms with E-state index in [2.05, 4.69) is 38.7 Å². The molecule has 50 heavy (non-hydrogen) atoms. The summed E-state index contributed by atoms with van der Waals surface area (Å²) < 4.78 is 24.7. The Labute approximate surface area is 291 Å². The minimum Gasteiger partial charge on any atom is -0.484 e. The van der Waals surface area contributed by atoms with E-state index in [0.717, 1.165) is 53.6 Å². The molecule has 0 saturated carbocycles. The van der Waals surface area contributed by atoms with Crippen LogP contribution < -0.4 is 20.3 Å². The molecule has 4 heterocycles. The van der Waals surface area contributed by atoms with E-state index in [1.165, 1.54) is 12.5 Å². The highest BCUT2D eigenvalue weighted by Gasteiger charge is 2.31. The number of benzene rings is 2. The Balaban J connectivity index is 1.09. The second kappa shape index (κ2) is 13.7. The highest BCUT2D eigenvalue weighted by molar-refractivity contribution is 5.89. The predicted molar refractivity (Wildman–Crippen MR) is 191 cm³/mol. The molecule has 1 fully saturated rings. The number of pyridine rings is 1. The van der Waals surface area contributed by atoms with Gasteiger partial charge in [-0.05, 0) is 92.5 Å². The molecule has 3 aromatic heterocycles. The van der Waals surface area contributed by atoms with Gasteiger partial charge in [0.25, 0.3) is 0 Å². The summed E-state index contributed by atoms with van der Waals surface area (Å²) in [6.45, 7) is 9.15. The summed E-state index contributed by atoms with van der Waals surface area (Å²) in [7, 11) is 0. The SMILES string of the molecule is C[C@H]1CCCCN1c1nnc2ccc(O[C@@H]3CC[C@H](NC(=O)Nc4cc(C(C)(C)C)nn4-c4ccc(F)c(CCO)c4)c4ccccc43)cn12. The number of ether oxygens (including phenoxy) is 1. The Hall–Kier alpha value is -4.97. The third-order valence-electron chi connectivity index (χ3n) is 9.81. The fourth-order valence-corrected chi connectivity index (χ4v) is 7.06. The number of aromatic nitrogens is 5. The molecule has 2 amide bonds. The Morgan fingerprint density at radius 2 is 1.84 bits per heavy atom. The van der Waals surface area contributed by atoms with Gasteiger partial charge in [0, 0.05) is 30.7 Å². The average molecular weight is 681 g/mol. The monoisotopic (exact) mass is 680 g/mol. The summed E-state index contributed by atoms with van der Waals surface area (Å²) in [4.78, 5) is 15.9. The number of carbonyl (C=O) groups is 1. The van der Waals surface area contributed by atoms with Crippen LogP contribution in [0.3, 0.4) is 0 Å². The van der Waals surface area contributed by atoms with Crippen LogP contribution in [0, 0.1) is 5.82 Å². The summed E-state index contributed by atoms with van der Waals surface area (Å²) in [5.41, 5.74) is 4.25. The van der Waals surface area contributed by atoms with Crippen molar-refractivity contribution in [1.29, 1.82) is 0 Å². The molecule has 11 nitrogen and oxygen atoms in total. The van der Waals surface area contributed by atoms with E-state index in [4.69, 9.17) is 9.84 Å². The van der Waals surface area contributed by atoms with Crippen molar-refractivity contribution in [2.45, 2.75) is 89.8 Å². The number of hydrogen-bond acceptors (Lipinski definition) is 7. The number of amides is 2. The predicted octanol–water partition coefficient (Wildman–Crippen LogP) is 7.04. The van der Waals surface area contributed by atoms with E-state index < -0.39 is 5.82 Å². The van der Waals surface area contributed by atoms with Gasteiger partial charge in [0.1, 0.15) is 23.5 Å². The fraction of sp³-hybridized carbons (Fsp3) is 0.421. The molecule has 5 aromatic rings. The Morgan fingerprint density at radius 1 is 1.02 bits per heavy atom. The number of piperidine rings is 1. The van der Waals surface area contributed by atoms with Crippen molar-refractivity contribution in [2.75, 3.05) is 23.4 Å². The van der Waals surface area contributed by atoms with Gasteiger partial charge in [-0.1, -0.05) is 45.0 Å². The molecule has 1 aliphatic heterocycles. The van der Waals surface area contributed by atoms with Crippen molar-refractivity contribution in [2.24, 2.45) is 0 Å². The lowest BCUT2D eigenvalue weighted by molar-refractivity contribution is 0.171. The zero-order valence-electron chi connectivity index (χ0n) is 29.1. The summed E-state index contributed by atoms with van der Waals surface area (Å²) in [6.07, 6.45) is 6.85. The number of carbonyl (C=O) groups excluding carboxylic acids is 1. The van der Waals surface area contributed by atoms with Crippen LogP contribution in [0.25, 0.3) is 11.3 Å². The van der Waals surface area contributed by atoms with Crippen molar-refractivity contribution >= 4 is 23.4 Å². The Bertz CT molecular complexity index is 2000. The molecular formula is C38H45FN8O3. The van der Waals surface area contributed by atoms with Gasteiger partial charge in [-0.15, -0.1) is 10.2 Å². The summed E-state index contributed by atoms with van der Waals surface area (Å²) >= 11 is 0. The van der Waals surface area contributed by atoms with Gasteiger partial charge in [0.2, 0.25) is 5.95 Å². The molecule has 0 unspecified atom stereocenters. The topological polar surface area (TPSA) is 122 Å². The molecule has 262 valence electrons. The van der Waals surface area contributed by atoms with Crippen LogP contribution in [0.1, 0.15) is 94.3 Å². The number of halogens is 1. The highest BCUT2D eigenvalue weighted by atomic mass is 19.1. The standard InChI is InChI=1S/C38H45FN8O3/c1-24-9-7-8-19-45(24)37-43-42-34-17-13-27(23-46(34)37)50-32-16-15-31(28-10-5-6-11-29(28)32)40-36(49)41-35-22-33(38(2,3)4)44-47(35)26-12-14-30(39)25(21-26)18-20-48/h5-6,10-14,17,21-24,31-32,48H,7-9,15-16,18-20H2,1-4H3,(H2,40,41,49)/t24-,31-,32+/m0/s1. The first-order valence-corrected chi connectivity index (χ1v) is 17.5. The maximum absolute atomic E-state index is 14.4. The number of fused-ring (bicyclic) bond motifs is 2. The largest absolute Gasteiger partial charge is 0.484 e. The van der Waals surface area contributed by atoms with Crippen LogP contribution >= 0.6 is 0 Å².